The van der Waals surface area contributed by atoms with E-state index in [4.69, 9.17) is 4.74 Å². The molecule has 1 heterocycles. The first-order valence-corrected chi connectivity index (χ1v) is 7.16. The summed E-state index contributed by atoms with van der Waals surface area (Å²) in [6, 6.07) is 9.25. The molecule has 2 heteroatoms. The van der Waals surface area contributed by atoms with E-state index < -0.39 is 0 Å². The first kappa shape index (κ1) is 13.4. The fourth-order valence-electron chi connectivity index (χ4n) is 2.92. The van der Waals surface area contributed by atoms with Crippen molar-refractivity contribution in [2.45, 2.75) is 45.6 Å². The van der Waals surface area contributed by atoms with E-state index in [0.717, 1.165) is 24.8 Å². The quantitative estimate of drug-likeness (QED) is 0.858. The predicted octanol–water partition coefficient (Wildman–Crippen LogP) is 3.58. The molecule has 18 heavy (non-hydrogen) atoms. The molecule has 0 bridgehead atoms. The SMILES string of the molecule is CCOc1cccc(C2CCNC2CC(C)C)c1. The minimum atomic E-state index is 0.627. The lowest BCUT2D eigenvalue weighted by atomic mass is 9.87. The zero-order valence-electron chi connectivity index (χ0n) is 11.8. The zero-order valence-corrected chi connectivity index (χ0v) is 11.8. The van der Waals surface area contributed by atoms with Gasteiger partial charge in [-0.05, 0) is 49.9 Å². The molecule has 1 saturated heterocycles. The Balaban J connectivity index is 2.11. The number of nitrogens with one attached hydrogen (secondary N) is 1. The molecule has 2 atom stereocenters. The Morgan fingerprint density at radius 2 is 2.22 bits per heavy atom. The molecule has 0 amide bonds. The van der Waals surface area contributed by atoms with Crippen molar-refractivity contribution < 1.29 is 4.74 Å². The van der Waals surface area contributed by atoms with Crippen LogP contribution in [0, 0.1) is 5.92 Å². The molecule has 2 nitrogen and oxygen atoms in total. The molecule has 1 N–H and O–H groups in total. The summed E-state index contributed by atoms with van der Waals surface area (Å²) in [5.74, 6) is 2.40. The van der Waals surface area contributed by atoms with Gasteiger partial charge in [0.25, 0.3) is 0 Å². The van der Waals surface area contributed by atoms with Crippen molar-refractivity contribution in [1.29, 1.82) is 0 Å². The van der Waals surface area contributed by atoms with Crippen LogP contribution in [-0.2, 0) is 0 Å². The van der Waals surface area contributed by atoms with Crippen LogP contribution in [0.1, 0.15) is 45.1 Å². The van der Waals surface area contributed by atoms with E-state index in [1.165, 1.54) is 18.4 Å². The van der Waals surface area contributed by atoms with Gasteiger partial charge in [-0.3, -0.25) is 0 Å². The third kappa shape index (κ3) is 3.26. The molecule has 2 unspecified atom stereocenters. The highest BCUT2D eigenvalue weighted by atomic mass is 16.5. The van der Waals surface area contributed by atoms with Crippen LogP contribution in [0.25, 0.3) is 0 Å². The largest absolute Gasteiger partial charge is 0.494 e. The van der Waals surface area contributed by atoms with Gasteiger partial charge in [-0.15, -0.1) is 0 Å². The van der Waals surface area contributed by atoms with E-state index >= 15 is 0 Å². The zero-order chi connectivity index (χ0) is 13.0. The second kappa shape index (κ2) is 6.24. The van der Waals surface area contributed by atoms with Crippen LogP contribution in [0.15, 0.2) is 24.3 Å². The van der Waals surface area contributed by atoms with Crippen molar-refractivity contribution in [2.75, 3.05) is 13.2 Å². The Morgan fingerprint density at radius 3 is 2.94 bits per heavy atom. The Hall–Kier alpha value is -1.02. The van der Waals surface area contributed by atoms with Crippen LogP contribution in [0.3, 0.4) is 0 Å². The van der Waals surface area contributed by atoms with Gasteiger partial charge in [0, 0.05) is 12.0 Å². The average molecular weight is 247 g/mol. The van der Waals surface area contributed by atoms with Crippen molar-refractivity contribution >= 4 is 0 Å². The topological polar surface area (TPSA) is 21.3 Å². The molecule has 1 aliphatic rings. The van der Waals surface area contributed by atoms with Gasteiger partial charge in [-0.25, -0.2) is 0 Å². The maximum absolute atomic E-state index is 5.60. The second-order valence-electron chi connectivity index (χ2n) is 5.59. The molecule has 0 spiro atoms. The highest BCUT2D eigenvalue weighted by molar-refractivity contribution is 5.32. The Morgan fingerprint density at radius 1 is 1.39 bits per heavy atom. The second-order valence-corrected chi connectivity index (χ2v) is 5.59. The van der Waals surface area contributed by atoms with Gasteiger partial charge in [0.15, 0.2) is 0 Å². The van der Waals surface area contributed by atoms with Crippen LogP contribution in [0.2, 0.25) is 0 Å². The number of hydrogen-bond donors (Lipinski definition) is 1. The van der Waals surface area contributed by atoms with Crippen molar-refractivity contribution in [3.05, 3.63) is 29.8 Å². The van der Waals surface area contributed by atoms with Crippen molar-refractivity contribution in [3.63, 3.8) is 0 Å². The summed E-state index contributed by atoms with van der Waals surface area (Å²) < 4.78 is 5.60. The van der Waals surface area contributed by atoms with Crippen LogP contribution < -0.4 is 10.1 Å². The monoisotopic (exact) mass is 247 g/mol. The lowest BCUT2D eigenvalue weighted by molar-refractivity contribution is 0.339. The number of benzene rings is 1. The van der Waals surface area contributed by atoms with Crippen LogP contribution >= 0.6 is 0 Å². The van der Waals surface area contributed by atoms with Crippen molar-refractivity contribution in [1.82, 2.24) is 5.32 Å². The molecular weight excluding hydrogens is 222 g/mol. The van der Waals surface area contributed by atoms with Gasteiger partial charge in [0.2, 0.25) is 0 Å². The number of hydrogen-bond acceptors (Lipinski definition) is 2. The van der Waals surface area contributed by atoms with Gasteiger partial charge in [-0.1, -0.05) is 26.0 Å². The maximum Gasteiger partial charge on any atom is 0.119 e. The van der Waals surface area contributed by atoms with Crippen molar-refractivity contribution in [2.24, 2.45) is 5.92 Å². The molecule has 1 aromatic rings. The smallest absolute Gasteiger partial charge is 0.119 e. The molecule has 0 aliphatic carbocycles. The Labute approximate surface area is 111 Å². The van der Waals surface area contributed by atoms with Gasteiger partial charge in [-0.2, -0.15) is 0 Å². The summed E-state index contributed by atoms with van der Waals surface area (Å²) in [5.41, 5.74) is 1.43. The van der Waals surface area contributed by atoms with Crippen LogP contribution in [-0.4, -0.2) is 19.2 Å². The maximum atomic E-state index is 5.60. The van der Waals surface area contributed by atoms with E-state index in [-0.39, 0.29) is 0 Å². The molecule has 0 saturated carbocycles. The fraction of sp³-hybridized carbons (Fsp3) is 0.625. The molecule has 1 fully saturated rings. The van der Waals surface area contributed by atoms with E-state index in [2.05, 4.69) is 37.4 Å². The highest BCUT2D eigenvalue weighted by Gasteiger charge is 2.28. The van der Waals surface area contributed by atoms with E-state index in [1.54, 1.807) is 0 Å². The first-order chi connectivity index (χ1) is 8.70. The standard InChI is InChI=1S/C16H25NO/c1-4-18-14-7-5-6-13(11-14)15-8-9-17-16(15)10-12(2)3/h5-7,11-12,15-17H,4,8-10H2,1-3H3. The Bertz CT molecular complexity index is 375. The number of ether oxygens (including phenoxy) is 1. The normalized spacial score (nSPS) is 23.6. The van der Waals surface area contributed by atoms with E-state index in [9.17, 15) is 0 Å². The Kier molecular flexibility index (Phi) is 4.65. The average Bonchev–Trinajstić information content (AvgIpc) is 2.77. The van der Waals surface area contributed by atoms with E-state index in [1.807, 2.05) is 13.0 Å². The summed E-state index contributed by atoms with van der Waals surface area (Å²) in [4.78, 5) is 0. The van der Waals surface area contributed by atoms with Crippen molar-refractivity contribution in [3.8, 4) is 5.75 Å². The highest BCUT2D eigenvalue weighted by Crippen LogP contribution is 2.32. The van der Waals surface area contributed by atoms with Gasteiger partial charge < -0.3 is 10.1 Å². The molecule has 1 aliphatic heterocycles. The van der Waals surface area contributed by atoms with Crippen LogP contribution in [0.4, 0.5) is 0 Å². The molecule has 100 valence electrons. The third-order valence-electron chi connectivity index (χ3n) is 3.67. The van der Waals surface area contributed by atoms with Crippen LogP contribution in [0.5, 0.6) is 5.75 Å². The lowest BCUT2D eigenvalue weighted by Crippen LogP contribution is -2.27. The van der Waals surface area contributed by atoms with Gasteiger partial charge >= 0.3 is 0 Å². The lowest BCUT2D eigenvalue weighted by Gasteiger charge is -2.22. The fourth-order valence-corrected chi connectivity index (χ4v) is 2.92. The minimum absolute atomic E-state index is 0.627. The molecule has 2 rings (SSSR count). The molecular formula is C16H25NO. The first-order valence-electron chi connectivity index (χ1n) is 7.16. The van der Waals surface area contributed by atoms with E-state index in [0.29, 0.717) is 12.0 Å². The number of rotatable bonds is 5. The predicted molar refractivity (Wildman–Crippen MR) is 76.2 cm³/mol. The minimum Gasteiger partial charge on any atom is -0.494 e. The summed E-state index contributed by atoms with van der Waals surface area (Å²) in [5, 5.41) is 3.65. The summed E-state index contributed by atoms with van der Waals surface area (Å²) >= 11 is 0. The molecule has 1 aromatic carbocycles. The summed E-state index contributed by atoms with van der Waals surface area (Å²) in [6.07, 6.45) is 2.50. The molecule has 0 aromatic heterocycles. The van der Waals surface area contributed by atoms with Gasteiger partial charge in [0.1, 0.15) is 5.75 Å². The summed E-state index contributed by atoms with van der Waals surface area (Å²) in [7, 11) is 0. The summed E-state index contributed by atoms with van der Waals surface area (Å²) in [6.45, 7) is 8.51. The third-order valence-corrected chi connectivity index (χ3v) is 3.67. The van der Waals surface area contributed by atoms with Gasteiger partial charge in [0.05, 0.1) is 6.61 Å². The molecule has 0 radical (unpaired) electrons.